The molecule has 0 aromatic rings. The lowest BCUT2D eigenvalue weighted by Crippen LogP contribution is -2.35. The van der Waals surface area contributed by atoms with Crippen molar-refractivity contribution < 1.29 is 24.5 Å². The molecule has 0 aliphatic carbocycles. The van der Waals surface area contributed by atoms with Gasteiger partial charge < -0.3 is 14.6 Å². The van der Waals surface area contributed by atoms with E-state index < -0.39 is 25.0 Å². The van der Waals surface area contributed by atoms with Crippen LogP contribution in [0.4, 0.5) is 0 Å². The summed E-state index contributed by atoms with van der Waals surface area (Å²) in [4.78, 5) is 10.9. The van der Waals surface area contributed by atoms with Gasteiger partial charge in [0.05, 0.1) is 0 Å². The van der Waals surface area contributed by atoms with Gasteiger partial charge in [0.15, 0.2) is 0 Å². The standard InChI is InChI=1S/C9H15O5/c1-3-5-8(12)14-9(13-4-2)7(11)6-10/h3,5,7,9,11H,4,6H2,1-2H3. The molecule has 0 aliphatic rings. The summed E-state index contributed by atoms with van der Waals surface area (Å²) < 4.78 is 9.57. The zero-order chi connectivity index (χ0) is 11.0. The highest BCUT2D eigenvalue weighted by atomic mass is 16.7. The maximum Gasteiger partial charge on any atom is 0.332 e. The average molecular weight is 203 g/mol. The topological polar surface area (TPSA) is 75.7 Å². The van der Waals surface area contributed by atoms with E-state index >= 15 is 0 Å². The van der Waals surface area contributed by atoms with Gasteiger partial charge in [0.25, 0.3) is 0 Å². The van der Waals surface area contributed by atoms with E-state index in [0.29, 0.717) is 0 Å². The Labute approximate surface area is 82.9 Å². The summed E-state index contributed by atoms with van der Waals surface area (Å²) in [6, 6.07) is 0. The minimum Gasteiger partial charge on any atom is -0.430 e. The number of esters is 1. The third-order valence-electron chi connectivity index (χ3n) is 1.35. The molecule has 2 unspecified atom stereocenters. The Kier molecular flexibility index (Phi) is 7.00. The van der Waals surface area contributed by atoms with Crippen LogP contribution in [0.3, 0.4) is 0 Å². The number of ether oxygens (including phenoxy) is 2. The molecule has 5 nitrogen and oxygen atoms in total. The van der Waals surface area contributed by atoms with Crippen LogP contribution >= 0.6 is 0 Å². The van der Waals surface area contributed by atoms with E-state index in [1.807, 2.05) is 0 Å². The Hall–Kier alpha value is -0.910. The molecule has 0 saturated heterocycles. The van der Waals surface area contributed by atoms with E-state index in [9.17, 15) is 9.90 Å². The van der Waals surface area contributed by atoms with Gasteiger partial charge >= 0.3 is 5.97 Å². The zero-order valence-corrected chi connectivity index (χ0v) is 8.30. The van der Waals surface area contributed by atoms with E-state index in [-0.39, 0.29) is 6.61 Å². The molecule has 0 aliphatic heterocycles. The second-order valence-electron chi connectivity index (χ2n) is 2.49. The molecule has 5 heteroatoms. The van der Waals surface area contributed by atoms with Crippen LogP contribution in [0.2, 0.25) is 0 Å². The van der Waals surface area contributed by atoms with Crippen molar-refractivity contribution in [3.8, 4) is 0 Å². The summed E-state index contributed by atoms with van der Waals surface area (Å²) in [5.74, 6) is -0.640. The van der Waals surface area contributed by atoms with Crippen molar-refractivity contribution in [2.75, 3.05) is 13.2 Å². The molecule has 0 aromatic heterocycles. The molecular formula is C9H15O5. The number of carbonyl (C=O) groups is 1. The first-order chi connectivity index (χ1) is 6.65. The second-order valence-corrected chi connectivity index (χ2v) is 2.49. The van der Waals surface area contributed by atoms with Crippen LogP contribution in [0, 0.1) is 0 Å². The summed E-state index contributed by atoms with van der Waals surface area (Å²) >= 11 is 0. The van der Waals surface area contributed by atoms with Gasteiger partial charge in [-0.1, -0.05) is 6.08 Å². The fourth-order valence-electron chi connectivity index (χ4n) is 0.756. The zero-order valence-electron chi connectivity index (χ0n) is 8.30. The van der Waals surface area contributed by atoms with Crippen molar-refractivity contribution in [3.63, 3.8) is 0 Å². The third-order valence-corrected chi connectivity index (χ3v) is 1.35. The summed E-state index contributed by atoms with van der Waals surface area (Å²) in [5, 5.41) is 19.5. The summed E-state index contributed by atoms with van der Waals surface area (Å²) in [5.41, 5.74) is 0. The van der Waals surface area contributed by atoms with Gasteiger partial charge in [0.1, 0.15) is 12.7 Å². The molecule has 0 fully saturated rings. The molecule has 0 heterocycles. The van der Waals surface area contributed by atoms with Crippen molar-refractivity contribution in [3.05, 3.63) is 12.2 Å². The molecule has 0 rings (SSSR count). The first-order valence-electron chi connectivity index (χ1n) is 4.36. The van der Waals surface area contributed by atoms with Gasteiger partial charge in [0.2, 0.25) is 6.29 Å². The lowest BCUT2D eigenvalue weighted by atomic mass is 10.3. The Morgan fingerprint density at radius 1 is 1.57 bits per heavy atom. The van der Waals surface area contributed by atoms with E-state index in [4.69, 9.17) is 9.84 Å². The van der Waals surface area contributed by atoms with Gasteiger partial charge in [-0.15, -0.1) is 0 Å². The SMILES string of the molecule is CC=CC(=O)OC(OCC)C(O)C[O]. The number of aliphatic hydroxyl groups is 1. The molecular weight excluding hydrogens is 188 g/mol. The van der Waals surface area contributed by atoms with E-state index in [2.05, 4.69) is 4.74 Å². The average Bonchev–Trinajstić information content (AvgIpc) is 2.16. The molecule has 0 aromatic carbocycles. The Morgan fingerprint density at radius 2 is 2.21 bits per heavy atom. The van der Waals surface area contributed by atoms with Crippen LogP contribution in [-0.2, 0) is 19.4 Å². The summed E-state index contributed by atoms with van der Waals surface area (Å²) in [7, 11) is 0. The van der Waals surface area contributed by atoms with Gasteiger partial charge in [-0.05, 0) is 13.8 Å². The monoisotopic (exact) mass is 203 g/mol. The van der Waals surface area contributed by atoms with Crippen molar-refractivity contribution in [2.24, 2.45) is 0 Å². The first-order valence-corrected chi connectivity index (χ1v) is 4.36. The van der Waals surface area contributed by atoms with Gasteiger partial charge in [-0.3, -0.25) is 0 Å². The molecule has 1 N–H and O–H groups in total. The normalized spacial score (nSPS) is 15.4. The molecule has 81 valence electrons. The van der Waals surface area contributed by atoms with Gasteiger partial charge in [-0.2, -0.15) is 0 Å². The van der Waals surface area contributed by atoms with Crippen molar-refractivity contribution >= 4 is 5.97 Å². The molecule has 1 radical (unpaired) electrons. The highest BCUT2D eigenvalue weighted by molar-refractivity contribution is 5.81. The quantitative estimate of drug-likeness (QED) is 0.381. The van der Waals surface area contributed by atoms with Crippen molar-refractivity contribution in [2.45, 2.75) is 26.2 Å². The summed E-state index contributed by atoms with van der Waals surface area (Å²) in [6.07, 6.45) is 0.170. The maximum atomic E-state index is 10.9. The van der Waals surface area contributed by atoms with Gasteiger partial charge in [0, 0.05) is 12.7 Å². The fraction of sp³-hybridized carbons (Fsp3) is 0.667. The molecule has 14 heavy (non-hydrogen) atoms. The number of carbonyl (C=O) groups excluding carboxylic acids is 1. The molecule has 0 amide bonds. The lowest BCUT2D eigenvalue weighted by Gasteiger charge is -2.19. The van der Waals surface area contributed by atoms with E-state index in [1.165, 1.54) is 12.2 Å². The fourth-order valence-corrected chi connectivity index (χ4v) is 0.756. The first kappa shape index (κ1) is 13.1. The van der Waals surface area contributed by atoms with Crippen LogP contribution in [-0.4, -0.2) is 36.7 Å². The number of hydrogen-bond donors (Lipinski definition) is 1. The van der Waals surface area contributed by atoms with Crippen LogP contribution in [0.25, 0.3) is 0 Å². The third kappa shape index (κ3) is 4.96. The minimum atomic E-state index is -1.33. The number of aliphatic hydroxyl groups excluding tert-OH is 1. The molecule has 2 atom stereocenters. The summed E-state index contributed by atoms with van der Waals surface area (Å²) in [6.45, 7) is 2.81. The smallest absolute Gasteiger partial charge is 0.332 e. The number of hydrogen-bond acceptors (Lipinski definition) is 4. The lowest BCUT2D eigenvalue weighted by molar-refractivity contribution is -0.204. The highest BCUT2D eigenvalue weighted by Gasteiger charge is 2.22. The van der Waals surface area contributed by atoms with E-state index in [1.54, 1.807) is 13.8 Å². The maximum absolute atomic E-state index is 10.9. The Balaban J connectivity index is 4.14. The predicted octanol–water partition coefficient (Wildman–Crippen LogP) is 0.260. The van der Waals surface area contributed by atoms with Crippen LogP contribution in [0.1, 0.15) is 13.8 Å². The molecule has 0 saturated carbocycles. The van der Waals surface area contributed by atoms with Crippen molar-refractivity contribution in [1.29, 1.82) is 0 Å². The predicted molar refractivity (Wildman–Crippen MR) is 47.9 cm³/mol. The van der Waals surface area contributed by atoms with Crippen LogP contribution in [0.15, 0.2) is 12.2 Å². The van der Waals surface area contributed by atoms with Crippen LogP contribution < -0.4 is 0 Å². The van der Waals surface area contributed by atoms with Crippen molar-refractivity contribution in [1.82, 2.24) is 0 Å². The molecule has 0 spiro atoms. The largest absolute Gasteiger partial charge is 0.430 e. The molecule has 0 bridgehead atoms. The minimum absolute atomic E-state index is 0.255. The Morgan fingerprint density at radius 3 is 2.64 bits per heavy atom. The Bertz CT molecular complexity index is 190. The highest BCUT2D eigenvalue weighted by Crippen LogP contribution is 2.02. The van der Waals surface area contributed by atoms with Gasteiger partial charge in [-0.25, -0.2) is 9.90 Å². The second kappa shape index (κ2) is 7.49. The number of allylic oxidation sites excluding steroid dienone is 1. The number of rotatable bonds is 6. The van der Waals surface area contributed by atoms with E-state index in [0.717, 1.165) is 0 Å². The van der Waals surface area contributed by atoms with Crippen LogP contribution in [0.5, 0.6) is 0 Å².